The minimum Gasteiger partial charge on any atom is -0.228 e. The lowest BCUT2D eigenvalue weighted by Gasteiger charge is -2.22. The Morgan fingerprint density at radius 3 is 1.49 bits per heavy atom. The number of benzene rings is 7. The molecule has 0 spiro atoms. The van der Waals surface area contributed by atoms with Gasteiger partial charge in [0.15, 0.2) is 5.82 Å². The highest BCUT2D eigenvalue weighted by Gasteiger charge is 2.39. The molecule has 0 bridgehead atoms. The Labute approximate surface area is 300 Å². The van der Waals surface area contributed by atoms with Gasteiger partial charge in [-0.3, -0.25) is 0 Å². The highest BCUT2D eigenvalue weighted by Crippen LogP contribution is 2.37. The molecule has 0 saturated heterocycles. The van der Waals surface area contributed by atoms with Crippen LogP contribution in [0.3, 0.4) is 0 Å². The summed E-state index contributed by atoms with van der Waals surface area (Å²) in [6.45, 7) is 4.95. The van der Waals surface area contributed by atoms with Gasteiger partial charge in [-0.1, -0.05) is 165 Å². The summed E-state index contributed by atoms with van der Waals surface area (Å²) < 4.78 is 0. The quantitative estimate of drug-likeness (QED) is 0.165. The fourth-order valence-corrected chi connectivity index (χ4v) is 11.2. The summed E-state index contributed by atoms with van der Waals surface area (Å²) >= 11 is 0. The molecule has 0 aliphatic carbocycles. The predicted octanol–water partition coefficient (Wildman–Crippen LogP) is 11.3. The molecule has 0 amide bonds. The van der Waals surface area contributed by atoms with Crippen LogP contribution < -0.4 is 10.4 Å². The number of hydrogen-bond donors (Lipinski definition) is 0. The summed E-state index contributed by atoms with van der Waals surface area (Å²) in [6, 6.07) is 65.2. The number of rotatable bonds is 6. The highest BCUT2D eigenvalue weighted by molar-refractivity contribution is 7.04. The van der Waals surface area contributed by atoms with Gasteiger partial charge in [-0.2, -0.15) is 0 Å². The van der Waals surface area contributed by atoms with E-state index in [1.165, 1.54) is 38.2 Å². The Kier molecular flexibility index (Phi) is 7.64. The maximum Gasteiger partial charge on any atom is 0.160 e. The van der Waals surface area contributed by atoms with E-state index in [-0.39, 0.29) is 0 Å². The number of aromatic nitrogens is 2. The van der Waals surface area contributed by atoms with Crippen molar-refractivity contribution in [2.24, 2.45) is 0 Å². The molecule has 0 saturated carbocycles. The first-order valence-corrected chi connectivity index (χ1v) is 20.6. The molecule has 1 aliphatic heterocycles. The predicted molar refractivity (Wildman–Crippen MR) is 217 cm³/mol. The molecule has 0 atom stereocenters. The fraction of sp³-hybridized carbons (Fsp3) is 0.0417. The zero-order chi connectivity index (χ0) is 34.4. The summed E-state index contributed by atoms with van der Waals surface area (Å²) in [5.74, 6) is 0.720. The van der Waals surface area contributed by atoms with Crippen molar-refractivity contribution >= 4 is 18.4 Å². The van der Waals surface area contributed by atoms with Crippen LogP contribution in [-0.2, 0) is 0 Å². The third-order valence-electron chi connectivity index (χ3n) is 10.3. The van der Waals surface area contributed by atoms with Crippen molar-refractivity contribution in [1.82, 2.24) is 9.97 Å². The van der Waals surface area contributed by atoms with Gasteiger partial charge >= 0.3 is 0 Å². The second kappa shape index (κ2) is 12.6. The van der Waals surface area contributed by atoms with E-state index < -0.39 is 8.07 Å². The molecule has 1 aromatic heterocycles. The molecule has 0 fully saturated rings. The normalized spacial score (nSPS) is 12.7. The van der Waals surface area contributed by atoms with Gasteiger partial charge in [0.25, 0.3) is 0 Å². The van der Waals surface area contributed by atoms with E-state index in [2.05, 4.69) is 195 Å². The van der Waals surface area contributed by atoms with Crippen molar-refractivity contribution in [2.75, 3.05) is 0 Å². The lowest BCUT2D eigenvalue weighted by Crippen LogP contribution is -2.50. The molecule has 3 heteroatoms. The molecule has 1 aliphatic rings. The van der Waals surface area contributed by atoms with Gasteiger partial charge in [0.2, 0.25) is 0 Å². The van der Waals surface area contributed by atoms with Gasteiger partial charge in [-0.05, 0) is 85.2 Å². The second-order valence-electron chi connectivity index (χ2n) is 13.8. The van der Waals surface area contributed by atoms with Gasteiger partial charge in [0, 0.05) is 16.7 Å². The monoisotopic (exact) mass is 668 g/mol. The van der Waals surface area contributed by atoms with Crippen LogP contribution in [0.15, 0.2) is 182 Å². The van der Waals surface area contributed by atoms with Gasteiger partial charge in [0.05, 0.1) is 11.4 Å². The first-order valence-electron chi connectivity index (χ1n) is 17.6. The Bertz CT molecular complexity index is 2540. The highest BCUT2D eigenvalue weighted by atomic mass is 28.3. The van der Waals surface area contributed by atoms with Crippen LogP contribution in [0.25, 0.3) is 78.4 Å². The second-order valence-corrected chi connectivity index (χ2v) is 18.1. The lowest BCUT2D eigenvalue weighted by molar-refractivity contribution is 1.18. The molecular formula is C48H36N2Si. The van der Waals surface area contributed by atoms with Crippen LogP contribution in [0.2, 0.25) is 13.1 Å². The van der Waals surface area contributed by atoms with Gasteiger partial charge < -0.3 is 0 Å². The molecule has 2 heterocycles. The van der Waals surface area contributed by atoms with E-state index in [9.17, 15) is 0 Å². The molecule has 0 N–H and O–H groups in total. The van der Waals surface area contributed by atoms with Crippen LogP contribution in [0, 0.1) is 0 Å². The maximum absolute atomic E-state index is 5.45. The molecule has 8 aromatic rings. The largest absolute Gasteiger partial charge is 0.228 e. The Morgan fingerprint density at radius 2 is 0.784 bits per heavy atom. The summed E-state index contributed by atoms with van der Waals surface area (Å²) in [5, 5.41) is 2.94. The summed E-state index contributed by atoms with van der Waals surface area (Å²) in [6.07, 6.45) is 0. The van der Waals surface area contributed by atoms with E-state index in [1.807, 2.05) is 0 Å². The van der Waals surface area contributed by atoms with Crippen molar-refractivity contribution in [3.05, 3.63) is 182 Å². The Morgan fingerprint density at radius 1 is 0.333 bits per heavy atom. The van der Waals surface area contributed by atoms with E-state index in [0.29, 0.717) is 0 Å². The number of hydrogen-bond acceptors (Lipinski definition) is 2. The zero-order valence-corrected chi connectivity index (χ0v) is 29.7. The molecule has 0 unspecified atom stereocenters. The third kappa shape index (κ3) is 5.62. The van der Waals surface area contributed by atoms with Crippen LogP contribution in [-0.4, -0.2) is 18.0 Å². The number of fused-ring (bicyclic) bond motifs is 3. The van der Waals surface area contributed by atoms with E-state index in [4.69, 9.17) is 9.97 Å². The van der Waals surface area contributed by atoms with Crippen LogP contribution in [0.4, 0.5) is 0 Å². The first kappa shape index (κ1) is 30.9. The lowest BCUT2D eigenvalue weighted by atomic mass is 9.94. The standard InChI is InChI=1S/C48H36N2Si/c1-51(2)46-27-13-12-24-41(46)42-25-15-26-43(47(42)51)45-32-44(35-20-10-5-11-21-35)49-48(50-45)40-30-38(34-18-8-4-9-19-34)29-39(31-40)37-23-14-22-36(28-37)33-16-6-3-7-17-33/h3-32H,1-2H3. The van der Waals surface area contributed by atoms with Crippen LogP contribution >= 0.6 is 0 Å². The van der Waals surface area contributed by atoms with Crippen molar-refractivity contribution < 1.29 is 0 Å². The minimum atomic E-state index is -2.00. The molecular weight excluding hydrogens is 633 g/mol. The maximum atomic E-state index is 5.45. The smallest absolute Gasteiger partial charge is 0.160 e. The van der Waals surface area contributed by atoms with Crippen LogP contribution in [0.1, 0.15) is 0 Å². The minimum absolute atomic E-state index is 0.720. The Hall–Kier alpha value is -6.16. The summed E-state index contributed by atoms with van der Waals surface area (Å²) in [7, 11) is -2.00. The van der Waals surface area contributed by atoms with Crippen LogP contribution in [0.5, 0.6) is 0 Å². The van der Waals surface area contributed by atoms with E-state index >= 15 is 0 Å². The zero-order valence-electron chi connectivity index (χ0n) is 28.7. The fourth-order valence-electron chi connectivity index (χ4n) is 7.76. The molecule has 242 valence electrons. The van der Waals surface area contributed by atoms with Crippen molar-refractivity contribution in [3.63, 3.8) is 0 Å². The van der Waals surface area contributed by atoms with E-state index in [1.54, 1.807) is 0 Å². The van der Waals surface area contributed by atoms with Gasteiger partial charge in [0.1, 0.15) is 8.07 Å². The van der Waals surface area contributed by atoms with Crippen molar-refractivity contribution in [1.29, 1.82) is 0 Å². The summed E-state index contributed by atoms with van der Waals surface area (Å²) in [4.78, 5) is 10.8. The number of nitrogens with zero attached hydrogens (tertiary/aromatic N) is 2. The summed E-state index contributed by atoms with van der Waals surface area (Å²) in [5.41, 5.74) is 14.8. The molecule has 0 radical (unpaired) electrons. The molecule has 9 rings (SSSR count). The van der Waals surface area contributed by atoms with Crippen molar-refractivity contribution in [2.45, 2.75) is 13.1 Å². The van der Waals surface area contributed by atoms with E-state index in [0.717, 1.165) is 50.6 Å². The average molecular weight is 669 g/mol. The van der Waals surface area contributed by atoms with Gasteiger partial charge in [-0.25, -0.2) is 9.97 Å². The third-order valence-corrected chi connectivity index (χ3v) is 13.8. The molecule has 7 aromatic carbocycles. The SMILES string of the molecule is C[Si]1(C)c2ccccc2-c2cccc(-c3cc(-c4ccccc4)nc(-c4cc(-c5ccccc5)cc(-c5cccc(-c6ccccc6)c5)c4)n3)c21. The average Bonchev–Trinajstić information content (AvgIpc) is 3.44. The first-order chi connectivity index (χ1) is 25.0. The topological polar surface area (TPSA) is 25.8 Å². The van der Waals surface area contributed by atoms with Crippen molar-refractivity contribution in [3.8, 4) is 78.4 Å². The molecule has 2 nitrogen and oxygen atoms in total. The molecule has 51 heavy (non-hydrogen) atoms. The van der Waals surface area contributed by atoms with Gasteiger partial charge in [-0.15, -0.1) is 0 Å². The Balaban J connectivity index is 1.27.